The van der Waals surface area contributed by atoms with Crippen LogP contribution < -0.4 is 4.90 Å². The Morgan fingerprint density at radius 1 is 1.00 bits per heavy atom. The average molecular weight is 194 g/mol. The second kappa shape index (κ2) is 4.41. The van der Waals surface area contributed by atoms with Crippen LogP contribution in [0.3, 0.4) is 0 Å². The van der Waals surface area contributed by atoms with Crippen molar-refractivity contribution in [1.29, 1.82) is 0 Å². The van der Waals surface area contributed by atoms with Gasteiger partial charge in [-0.05, 0) is 19.1 Å². The van der Waals surface area contributed by atoms with E-state index in [2.05, 4.69) is 36.1 Å². The molecule has 0 N–H and O–H groups in total. The molecule has 0 heterocycles. The second-order valence-corrected chi connectivity index (χ2v) is 2.73. The first kappa shape index (κ1) is 10.5. The predicted molar refractivity (Wildman–Crippen MR) is 45.5 cm³/mol. The van der Waals surface area contributed by atoms with Gasteiger partial charge in [0, 0.05) is 36.6 Å². The van der Waals surface area contributed by atoms with Gasteiger partial charge in [0.05, 0.1) is 0 Å². The number of aryl methyl sites for hydroxylation is 1. The van der Waals surface area contributed by atoms with Gasteiger partial charge in [-0.1, -0.05) is 17.7 Å². The van der Waals surface area contributed by atoms with Gasteiger partial charge in [0.2, 0.25) is 0 Å². The van der Waals surface area contributed by atoms with Crippen LogP contribution in [-0.2, 0) is 16.8 Å². The van der Waals surface area contributed by atoms with Gasteiger partial charge < -0.3 is 4.90 Å². The van der Waals surface area contributed by atoms with Gasteiger partial charge in [-0.15, -0.1) is 0 Å². The van der Waals surface area contributed by atoms with E-state index in [0.29, 0.717) is 0 Å². The van der Waals surface area contributed by atoms with Crippen molar-refractivity contribution in [2.75, 3.05) is 19.0 Å². The first-order valence-corrected chi connectivity index (χ1v) is 3.44. The summed E-state index contributed by atoms with van der Waals surface area (Å²) in [4.78, 5) is 2.10. The van der Waals surface area contributed by atoms with Crippen LogP contribution in [0.5, 0.6) is 0 Å². The molecular weight excluding hydrogens is 181 g/mol. The van der Waals surface area contributed by atoms with E-state index in [0.717, 1.165) is 0 Å². The molecule has 0 unspecified atom stereocenters. The molecule has 0 saturated carbocycles. The third kappa shape index (κ3) is 2.95. The average Bonchev–Trinajstić information content (AvgIpc) is 1.88. The molecule has 0 aromatic heterocycles. The molecule has 0 atom stereocenters. The summed E-state index contributed by atoms with van der Waals surface area (Å²) in [6.07, 6.45) is 0. The number of nitrogens with zero attached hydrogens (tertiary/aromatic N) is 1. The molecule has 0 aliphatic rings. The van der Waals surface area contributed by atoms with E-state index < -0.39 is 0 Å². The molecule has 0 saturated heterocycles. The van der Waals surface area contributed by atoms with Gasteiger partial charge in [0.25, 0.3) is 0 Å². The Balaban J connectivity index is 0.000001000. The summed E-state index contributed by atoms with van der Waals surface area (Å²) in [7, 11) is 4.09. The largest absolute Gasteiger partial charge is 0.378 e. The van der Waals surface area contributed by atoms with Crippen molar-refractivity contribution >= 4 is 5.69 Å². The maximum atomic E-state index is 2.12. The summed E-state index contributed by atoms with van der Waals surface area (Å²) >= 11 is 0. The molecule has 0 bridgehead atoms. The molecule has 0 aliphatic heterocycles. The minimum atomic E-state index is 0. The molecule has 1 rings (SSSR count). The Bertz CT molecular complexity index is 203. The fraction of sp³-hybridized carbons (Fsp3) is 0.333. The molecule has 2 heteroatoms. The standard InChI is InChI=1S/C9H13N.Co/c1-8-4-6-9(7-5-8)10(2)3;/h4-7H,1-3H3;. The first-order chi connectivity index (χ1) is 4.70. The smallest absolute Gasteiger partial charge is 0.0361 e. The van der Waals surface area contributed by atoms with E-state index in [-0.39, 0.29) is 16.8 Å². The van der Waals surface area contributed by atoms with Gasteiger partial charge in [-0.2, -0.15) is 0 Å². The summed E-state index contributed by atoms with van der Waals surface area (Å²) in [5.41, 5.74) is 2.57. The molecule has 1 aromatic carbocycles. The number of hydrogen-bond donors (Lipinski definition) is 0. The van der Waals surface area contributed by atoms with E-state index in [9.17, 15) is 0 Å². The van der Waals surface area contributed by atoms with Gasteiger partial charge in [0.1, 0.15) is 0 Å². The Morgan fingerprint density at radius 3 is 1.82 bits per heavy atom. The molecule has 0 amide bonds. The van der Waals surface area contributed by atoms with Crippen LogP contribution in [0.2, 0.25) is 0 Å². The van der Waals surface area contributed by atoms with Crippen LogP contribution in [0, 0.1) is 6.92 Å². The maximum absolute atomic E-state index is 2.12. The monoisotopic (exact) mass is 194 g/mol. The molecule has 11 heavy (non-hydrogen) atoms. The number of anilines is 1. The molecule has 1 aromatic rings. The minimum Gasteiger partial charge on any atom is -0.378 e. The topological polar surface area (TPSA) is 3.24 Å². The fourth-order valence-electron chi connectivity index (χ4n) is 0.843. The SMILES string of the molecule is Cc1ccc(N(C)C)cc1.[Co]. The van der Waals surface area contributed by atoms with E-state index in [1.165, 1.54) is 11.3 Å². The normalized spacial score (nSPS) is 8.64. The van der Waals surface area contributed by atoms with Gasteiger partial charge >= 0.3 is 0 Å². The summed E-state index contributed by atoms with van der Waals surface area (Å²) in [5.74, 6) is 0. The number of rotatable bonds is 1. The zero-order chi connectivity index (χ0) is 7.56. The summed E-state index contributed by atoms with van der Waals surface area (Å²) in [6.45, 7) is 2.10. The van der Waals surface area contributed by atoms with Crippen LogP contribution in [0.25, 0.3) is 0 Å². The second-order valence-electron chi connectivity index (χ2n) is 2.73. The zero-order valence-corrected chi connectivity index (χ0v) is 8.13. The van der Waals surface area contributed by atoms with E-state index in [4.69, 9.17) is 0 Å². The van der Waals surface area contributed by atoms with Crippen molar-refractivity contribution in [1.82, 2.24) is 0 Å². The Morgan fingerprint density at radius 2 is 1.45 bits per heavy atom. The quantitative estimate of drug-likeness (QED) is 0.661. The van der Waals surface area contributed by atoms with E-state index in [1.54, 1.807) is 0 Å². The molecule has 1 radical (unpaired) electrons. The van der Waals surface area contributed by atoms with Crippen molar-refractivity contribution in [3.8, 4) is 0 Å². The van der Waals surface area contributed by atoms with Gasteiger partial charge in [0.15, 0.2) is 0 Å². The number of hydrogen-bond acceptors (Lipinski definition) is 1. The van der Waals surface area contributed by atoms with Crippen LogP contribution >= 0.6 is 0 Å². The summed E-state index contributed by atoms with van der Waals surface area (Å²) in [5, 5.41) is 0. The van der Waals surface area contributed by atoms with Crippen molar-refractivity contribution < 1.29 is 16.8 Å². The molecule has 0 fully saturated rings. The Kier molecular flexibility index (Phi) is 4.22. The summed E-state index contributed by atoms with van der Waals surface area (Å²) < 4.78 is 0. The molecule has 0 aliphatic carbocycles. The minimum absolute atomic E-state index is 0. The molecular formula is C9H13CoN. The van der Waals surface area contributed by atoms with Crippen molar-refractivity contribution in [2.45, 2.75) is 6.92 Å². The number of benzene rings is 1. The third-order valence-electron chi connectivity index (χ3n) is 1.55. The molecule has 0 spiro atoms. The van der Waals surface area contributed by atoms with Crippen LogP contribution in [0.15, 0.2) is 24.3 Å². The van der Waals surface area contributed by atoms with Crippen LogP contribution in [0.1, 0.15) is 5.56 Å². The molecule has 1 nitrogen and oxygen atoms in total. The zero-order valence-electron chi connectivity index (χ0n) is 7.09. The Labute approximate surface area is 78.6 Å². The van der Waals surface area contributed by atoms with Crippen molar-refractivity contribution in [3.05, 3.63) is 29.8 Å². The van der Waals surface area contributed by atoms with Gasteiger partial charge in [-0.3, -0.25) is 0 Å². The third-order valence-corrected chi connectivity index (χ3v) is 1.55. The maximum Gasteiger partial charge on any atom is 0.0361 e. The van der Waals surface area contributed by atoms with Crippen molar-refractivity contribution in [3.63, 3.8) is 0 Å². The van der Waals surface area contributed by atoms with Gasteiger partial charge in [-0.25, -0.2) is 0 Å². The van der Waals surface area contributed by atoms with Crippen molar-refractivity contribution in [2.24, 2.45) is 0 Å². The van der Waals surface area contributed by atoms with E-state index >= 15 is 0 Å². The predicted octanol–water partition coefficient (Wildman–Crippen LogP) is 2.06. The fourth-order valence-corrected chi connectivity index (χ4v) is 0.843. The molecule has 63 valence electrons. The van der Waals surface area contributed by atoms with Crippen LogP contribution in [-0.4, -0.2) is 14.1 Å². The Hall–Kier alpha value is -0.474. The first-order valence-electron chi connectivity index (χ1n) is 3.44. The van der Waals surface area contributed by atoms with Crippen LogP contribution in [0.4, 0.5) is 5.69 Å². The van der Waals surface area contributed by atoms with E-state index in [1.807, 2.05) is 14.1 Å². The summed E-state index contributed by atoms with van der Waals surface area (Å²) in [6, 6.07) is 8.48.